The highest BCUT2D eigenvalue weighted by atomic mass is 35.5. The van der Waals surface area contributed by atoms with Crippen LogP contribution in [-0.2, 0) is 4.79 Å². The lowest BCUT2D eigenvalue weighted by atomic mass is 9.81. The molecule has 1 unspecified atom stereocenters. The van der Waals surface area contributed by atoms with E-state index in [1.165, 1.54) is 12.1 Å². The van der Waals surface area contributed by atoms with Gasteiger partial charge in [-0.1, -0.05) is 31.9 Å². The molecular formula is C13H16ClN3O3. The van der Waals surface area contributed by atoms with E-state index in [2.05, 4.69) is 10.3 Å². The minimum absolute atomic E-state index is 0.0878. The molecule has 0 spiro atoms. The fraction of sp³-hybridized carbons (Fsp3) is 0.538. The number of amides is 1. The van der Waals surface area contributed by atoms with E-state index in [9.17, 15) is 14.9 Å². The van der Waals surface area contributed by atoms with Crippen LogP contribution in [0.15, 0.2) is 12.1 Å². The molecule has 0 saturated heterocycles. The first-order valence-electron chi connectivity index (χ1n) is 6.43. The molecule has 1 aliphatic rings. The van der Waals surface area contributed by atoms with Gasteiger partial charge in [0, 0.05) is 12.0 Å². The average molecular weight is 298 g/mol. The van der Waals surface area contributed by atoms with Gasteiger partial charge in [0.25, 0.3) is 0 Å². The van der Waals surface area contributed by atoms with Crippen molar-refractivity contribution in [2.75, 3.05) is 5.32 Å². The van der Waals surface area contributed by atoms with Gasteiger partial charge in [-0.05, 0) is 24.3 Å². The Balaban J connectivity index is 2.24. The Morgan fingerprint density at radius 3 is 2.80 bits per heavy atom. The summed E-state index contributed by atoms with van der Waals surface area (Å²) in [4.78, 5) is 26.5. The Morgan fingerprint density at radius 2 is 2.25 bits per heavy atom. The smallest absolute Gasteiger partial charge is 0.305 e. The number of hydrogen-bond acceptors (Lipinski definition) is 4. The predicted molar refractivity (Wildman–Crippen MR) is 75.7 cm³/mol. The van der Waals surface area contributed by atoms with Crippen LogP contribution in [0.4, 0.5) is 11.5 Å². The Labute approximate surface area is 121 Å². The molecule has 108 valence electrons. The summed E-state index contributed by atoms with van der Waals surface area (Å²) in [5, 5.41) is 13.6. The number of halogens is 1. The SMILES string of the molecule is CC1(C)CCCC1C(=O)Nc1nc(Cl)ccc1[N+](=O)[O-]. The van der Waals surface area contributed by atoms with Crippen LogP contribution >= 0.6 is 11.6 Å². The lowest BCUT2D eigenvalue weighted by molar-refractivity contribution is -0.384. The highest BCUT2D eigenvalue weighted by Gasteiger charge is 2.39. The largest absolute Gasteiger partial charge is 0.311 e. The molecule has 2 rings (SSSR count). The third kappa shape index (κ3) is 2.90. The third-order valence-electron chi connectivity index (χ3n) is 3.85. The average Bonchev–Trinajstić information content (AvgIpc) is 2.68. The predicted octanol–water partition coefficient (Wildman–Crippen LogP) is 3.41. The summed E-state index contributed by atoms with van der Waals surface area (Å²) in [6, 6.07) is 2.57. The highest BCUT2D eigenvalue weighted by Crippen LogP contribution is 2.43. The first kappa shape index (κ1) is 14.7. The van der Waals surface area contributed by atoms with Crippen LogP contribution in [0.25, 0.3) is 0 Å². The van der Waals surface area contributed by atoms with Gasteiger partial charge in [-0.2, -0.15) is 0 Å². The molecular weight excluding hydrogens is 282 g/mol. The topological polar surface area (TPSA) is 85.1 Å². The molecule has 0 aliphatic heterocycles. The molecule has 1 aromatic heterocycles. The van der Waals surface area contributed by atoms with Crippen molar-refractivity contribution in [2.24, 2.45) is 11.3 Å². The van der Waals surface area contributed by atoms with Crippen LogP contribution < -0.4 is 5.32 Å². The molecule has 1 saturated carbocycles. The van der Waals surface area contributed by atoms with Crippen molar-refractivity contribution in [1.29, 1.82) is 0 Å². The number of nitro groups is 1. The van der Waals surface area contributed by atoms with E-state index >= 15 is 0 Å². The van der Waals surface area contributed by atoms with Crippen LogP contribution in [0.5, 0.6) is 0 Å². The molecule has 0 aromatic carbocycles. The van der Waals surface area contributed by atoms with E-state index in [0.717, 1.165) is 19.3 Å². The van der Waals surface area contributed by atoms with Gasteiger partial charge in [-0.25, -0.2) is 4.98 Å². The first-order chi connectivity index (χ1) is 9.31. The Bertz CT molecular complexity index is 560. The van der Waals surface area contributed by atoms with Crippen LogP contribution in [0, 0.1) is 21.4 Å². The van der Waals surface area contributed by atoms with Gasteiger partial charge in [-0.3, -0.25) is 14.9 Å². The molecule has 1 atom stereocenters. The molecule has 6 nitrogen and oxygen atoms in total. The van der Waals surface area contributed by atoms with Crippen molar-refractivity contribution in [3.05, 3.63) is 27.4 Å². The van der Waals surface area contributed by atoms with Crippen LogP contribution in [0.3, 0.4) is 0 Å². The first-order valence-corrected chi connectivity index (χ1v) is 6.81. The Morgan fingerprint density at radius 1 is 1.55 bits per heavy atom. The van der Waals surface area contributed by atoms with Crippen LogP contribution in [0.2, 0.25) is 5.15 Å². The number of carbonyl (C=O) groups is 1. The number of pyridine rings is 1. The van der Waals surface area contributed by atoms with Gasteiger partial charge in [0.05, 0.1) is 4.92 Å². The molecule has 1 fully saturated rings. The second-order valence-corrected chi connectivity index (χ2v) is 6.07. The normalized spacial score (nSPS) is 20.6. The molecule has 1 heterocycles. The molecule has 0 bridgehead atoms. The fourth-order valence-electron chi connectivity index (χ4n) is 2.68. The van der Waals surface area contributed by atoms with Crippen LogP contribution in [-0.4, -0.2) is 15.8 Å². The van der Waals surface area contributed by atoms with E-state index < -0.39 is 4.92 Å². The summed E-state index contributed by atoms with van der Waals surface area (Å²) in [5.74, 6) is -0.483. The van der Waals surface area contributed by atoms with E-state index in [0.29, 0.717) is 0 Å². The third-order valence-corrected chi connectivity index (χ3v) is 4.06. The van der Waals surface area contributed by atoms with Crippen molar-refractivity contribution in [1.82, 2.24) is 4.98 Å². The van der Waals surface area contributed by atoms with E-state index in [-0.39, 0.29) is 33.9 Å². The van der Waals surface area contributed by atoms with Gasteiger partial charge in [0.15, 0.2) is 0 Å². The second kappa shape index (κ2) is 5.36. The van der Waals surface area contributed by atoms with Gasteiger partial charge in [-0.15, -0.1) is 0 Å². The molecule has 0 radical (unpaired) electrons. The van der Waals surface area contributed by atoms with Gasteiger partial charge in [0.2, 0.25) is 11.7 Å². The molecule has 20 heavy (non-hydrogen) atoms. The van der Waals surface area contributed by atoms with Gasteiger partial charge in [0.1, 0.15) is 5.15 Å². The maximum absolute atomic E-state index is 12.3. The van der Waals surface area contributed by atoms with Crippen molar-refractivity contribution in [3.8, 4) is 0 Å². The highest BCUT2D eigenvalue weighted by molar-refractivity contribution is 6.29. The monoisotopic (exact) mass is 297 g/mol. The molecule has 1 amide bonds. The number of hydrogen-bond donors (Lipinski definition) is 1. The number of aromatic nitrogens is 1. The number of nitrogens with zero attached hydrogens (tertiary/aromatic N) is 2. The van der Waals surface area contributed by atoms with Crippen molar-refractivity contribution in [3.63, 3.8) is 0 Å². The second-order valence-electron chi connectivity index (χ2n) is 5.68. The molecule has 1 N–H and O–H groups in total. The zero-order chi connectivity index (χ0) is 14.9. The number of nitrogens with one attached hydrogen (secondary N) is 1. The molecule has 1 aromatic rings. The number of anilines is 1. The van der Waals surface area contributed by atoms with E-state index in [1.807, 2.05) is 13.8 Å². The van der Waals surface area contributed by atoms with Crippen molar-refractivity contribution < 1.29 is 9.72 Å². The van der Waals surface area contributed by atoms with Gasteiger partial charge >= 0.3 is 5.69 Å². The maximum Gasteiger partial charge on any atom is 0.311 e. The van der Waals surface area contributed by atoms with Crippen molar-refractivity contribution >= 4 is 29.0 Å². The zero-order valence-electron chi connectivity index (χ0n) is 11.4. The molecule has 7 heteroatoms. The minimum Gasteiger partial charge on any atom is -0.305 e. The standard InChI is InChI=1S/C13H16ClN3O3/c1-13(2)7-3-4-8(13)12(18)16-11-9(17(19)20)5-6-10(14)15-11/h5-6,8H,3-4,7H2,1-2H3,(H,15,16,18). The van der Waals surface area contributed by atoms with E-state index in [1.54, 1.807) is 0 Å². The lowest BCUT2D eigenvalue weighted by Crippen LogP contribution is -2.31. The summed E-state index contributed by atoms with van der Waals surface area (Å²) >= 11 is 5.74. The number of carbonyl (C=O) groups excluding carboxylic acids is 1. The summed E-state index contributed by atoms with van der Waals surface area (Å²) in [6.45, 7) is 4.06. The van der Waals surface area contributed by atoms with Crippen molar-refractivity contribution in [2.45, 2.75) is 33.1 Å². The number of rotatable bonds is 3. The Kier molecular flexibility index (Phi) is 3.94. The van der Waals surface area contributed by atoms with E-state index in [4.69, 9.17) is 11.6 Å². The quantitative estimate of drug-likeness (QED) is 0.526. The van der Waals surface area contributed by atoms with Gasteiger partial charge < -0.3 is 5.32 Å². The lowest BCUT2D eigenvalue weighted by Gasteiger charge is -2.25. The minimum atomic E-state index is -0.585. The van der Waals surface area contributed by atoms with Crippen LogP contribution in [0.1, 0.15) is 33.1 Å². The summed E-state index contributed by atoms with van der Waals surface area (Å²) in [7, 11) is 0. The zero-order valence-corrected chi connectivity index (χ0v) is 12.1. The summed E-state index contributed by atoms with van der Waals surface area (Å²) in [5.41, 5.74) is -0.351. The summed E-state index contributed by atoms with van der Waals surface area (Å²) in [6.07, 6.45) is 2.74. The maximum atomic E-state index is 12.3. The Hall–Kier alpha value is -1.69. The molecule has 1 aliphatic carbocycles. The summed E-state index contributed by atoms with van der Waals surface area (Å²) < 4.78 is 0. The fourth-order valence-corrected chi connectivity index (χ4v) is 2.83.